The minimum atomic E-state index is 0.681. The maximum absolute atomic E-state index is 6.21. The molecule has 0 aromatic heterocycles. The molecule has 20 heavy (non-hydrogen) atoms. The number of nitrogens with zero attached hydrogens (tertiary/aromatic N) is 1. The van der Waals surface area contributed by atoms with Crippen molar-refractivity contribution in [2.45, 2.75) is 70.8 Å². The SMILES string of the molecule is CC1CCCC(C(CN)N2CCC3CCCCC3C2)C1. The summed E-state index contributed by atoms with van der Waals surface area (Å²) in [5.74, 6) is 3.84. The van der Waals surface area contributed by atoms with Gasteiger partial charge in [-0.3, -0.25) is 4.90 Å². The van der Waals surface area contributed by atoms with Gasteiger partial charge in [0.15, 0.2) is 0 Å². The molecule has 2 saturated carbocycles. The van der Waals surface area contributed by atoms with Crippen LogP contribution in [-0.2, 0) is 0 Å². The number of fused-ring (bicyclic) bond motifs is 1. The molecule has 0 radical (unpaired) electrons. The van der Waals surface area contributed by atoms with E-state index in [0.29, 0.717) is 6.04 Å². The number of likely N-dealkylation sites (tertiary alicyclic amines) is 1. The normalized spacial score (nSPS) is 41.1. The van der Waals surface area contributed by atoms with Crippen molar-refractivity contribution < 1.29 is 0 Å². The zero-order valence-corrected chi connectivity index (χ0v) is 13.4. The van der Waals surface area contributed by atoms with Gasteiger partial charge in [0.05, 0.1) is 0 Å². The monoisotopic (exact) mass is 278 g/mol. The molecule has 0 aromatic carbocycles. The Morgan fingerprint density at radius 3 is 2.55 bits per heavy atom. The first-order valence-corrected chi connectivity index (χ1v) is 9.22. The van der Waals surface area contributed by atoms with E-state index in [4.69, 9.17) is 5.73 Å². The van der Waals surface area contributed by atoms with Crippen molar-refractivity contribution in [3.8, 4) is 0 Å². The predicted octanol–water partition coefficient (Wildman–Crippen LogP) is 3.65. The van der Waals surface area contributed by atoms with Gasteiger partial charge >= 0.3 is 0 Å². The van der Waals surface area contributed by atoms with Crippen molar-refractivity contribution in [2.24, 2.45) is 29.4 Å². The third kappa shape index (κ3) is 3.22. The van der Waals surface area contributed by atoms with Crippen molar-refractivity contribution in [3.05, 3.63) is 0 Å². The summed E-state index contributed by atoms with van der Waals surface area (Å²) in [6, 6.07) is 0.681. The molecule has 1 saturated heterocycles. The van der Waals surface area contributed by atoms with Crippen molar-refractivity contribution in [1.29, 1.82) is 0 Å². The summed E-state index contributed by atoms with van der Waals surface area (Å²) < 4.78 is 0. The Labute approximate surface area is 125 Å². The fraction of sp³-hybridized carbons (Fsp3) is 1.00. The van der Waals surface area contributed by atoms with Crippen LogP contribution in [0.1, 0.15) is 64.7 Å². The number of piperidine rings is 1. The summed E-state index contributed by atoms with van der Waals surface area (Å²) in [5.41, 5.74) is 6.21. The molecule has 116 valence electrons. The van der Waals surface area contributed by atoms with E-state index in [2.05, 4.69) is 11.8 Å². The molecule has 3 fully saturated rings. The van der Waals surface area contributed by atoms with Crippen molar-refractivity contribution in [1.82, 2.24) is 4.90 Å². The third-order valence-corrected chi connectivity index (χ3v) is 6.55. The van der Waals surface area contributed by atoms with Crippen LogP contribution in [0.2, 0.25) is 0 Å². The first-order valence-electron chi connectivity index (χ1n) is 9.22. The smallest absolute Gasteiger partial charge is 0.0246 e. The molecule has 0 amide bonds. The molecule has 1 heterocycles. The van der Waals surface area contributed by atoms with Gasteiger partial charge in [-0.25, -0.2) is 0 Å². The summed E-state index contributed by atoms with van der Waals surface area (Å²) >= 11 is 0. The first-order chi connectivity index (χ1) is 9.78. The van der Waals surface area contributed by atoms with Crippen LogP contribution in [0.5, 0.6) is 0 Å². The van der Waals surface area contributed by atoms with Gasteiger partial charge in [0.2, 0.25) is 0 Å². The molecule has 3 aliphatic rings. The van der Waals surface area contributed by atoms with E-state index in [1.165, 1.54) is 70.9 Å². The van der Waals surface area contributed by atoms with E-state index in [1.54, 1.807) is 0 Å². The second-order valence-corrected chi connectivity index (χ2v) is 7.92. The van der Waals surface area contributed by atoms with Gasteiger partial charge in [-0.15, -0.1) is 0 Å². The molecule has 2 N–H and O–H groups in total. The minimum absolute atomic E-state index is 0.681. The topological polar surface area (TPSA) is 29.3 Å². The van der Waals surface area contributed by atoms with Gasteiger partial charge in [0, 0.05) is 19.1 Å². The number of hydrogen-bond donors (Lipinski definition) is 1. The molecule has 2 nitrogen and oxygen atoms in total. The Balaban J connectivity index is 1.61. The lowest BCUT2D eigenvalue weighted by Crippen LogP contribution is -2.52. The largest absolute Gasteiger partial charge is 0.329 e. The van der Waals surface area contributed by atoms with E-state index in [0.717, 1.165) is 30.2 Å². The fourth-order valence-corrected chi connectivity index (χ4v) is 5.40. The molecule has 1 aliphatic heterocycles. The predicted molar refractivity (Wildman–Crippen MR) is 85.6 cm³/mol. The zero-order chi connectivity index (χ0) is 13.9. The van der Waals surface area contributed by atoms with Gasteiger partial charge in [-0.2, -0.15) is 0 Å². The van der Waals surface area contributed by atoms with E-state index in [-0.39, 0.29) is 0 Å². The second-order valence-electron chi connectivity index (χ2n) is 7.92. The minimum Gasteiger partial charge on any atom is -0.329 e. The molecule has 0 spiro atoms. The van der Waals surface area contributed by atoms with Gasteiger partial charge in [-0.05, 0) is 55.9 Å². The van der Waals surface area contributed by atoms with E-state index >= 15 is 0 Å². The zero-order valence-electron chi connectivity index (χ0n) is 13.4. The Bertz CT molecular complexity index is 304. The quantitative estimate of drug-likeness (QED) is 0.854. The maximum Gasteiger partial charge on any atom is 0.0246 e. The lowest BCUT2D eigenvalue weighted by atomic mass is 9.73. The van der Waals surface area contributed by atoms with Crippen LogP contribution in [0.25, 0.3) is 0 Å². The molecular formula is C18H34N2. The summed E-state index contributed by atoms with van der Waals surface area (Å²) in [5, 5.41) is 0. The average Bonchev–Trinajstić information content (AvgIpc) is 2.48. The van der Waals surface area contributed by atoms with Crippen molar-refractivity contribution in [3.63, 3.8) is 0 Å². The van der Waals surface area contributed by atoms with Crippen LogP contribution in [0, 0.1) is 23.7 Å². The Hall–Kier alpha value is -0.0800. The highest BCUT2D eigenvalue weighted by atomic mass is 15.2. The van der Waals surface area contributed by atoms with Gasteiger partial charge in [0.25, 0.3) is 0 Å². The lowest BCUT2D eigenvalue weighted by Gasteiger charge is -2.47. The average molecular weight is 278 g/mol. The standard InChI is InChI=1S/C18H34N2/c1-14-5-4-8-16(11-14)18(12-19)20-10-9-15-6-2-3-7-17(15)13-20/h14-18H,2-13,19H2,1H3. The van der Waals surface area contributed by atoms with Crippen LogP contribution in [0.4, 0.5) is 0 Å². The second kappa shape index (κ2) is 6.79. The Kier molecular flexibility index (Phi) is 5.04. The maximum atomic E-state index is 6.21. The molecule has 2 heteroatoms. The molecule has 2 aliphatic carbocycles. The third-order valence-electron chi connectivity index (χ3n) is 6.55. The van der Waals surface area contributed by atoms with Crippen LogP contribution in [-0.4, -0.2) is 30.6 Å². The first kappa shape index (κ1) is 14.8. The number of hydrogen-bond acceptors (Lipinski definition) is 2. The van der Waals surface area contributed by atoms with Gasteiger partial charge < -0.3 is 5.73 Å². The van der Waals surface area contributed by atoms with Crippen molar-refractivity contribution in [2.75, 3.05) is 19.6 Å². The highest BCUT2D eigenvalue weighted by Gasteiger charge is 2.36. The summed E-state index contributed by atoms with van der Waals surface area (Å²) in [6.07, 6.45) is 13.1. The highest BCUT2D eigenvalue weighted by molar-refractivity contribution is 4.90. The van der Waals surface area contributed by atoms with E-state index < -0.39 is 0 Å². The molecule has 5 unspecified atom stereocenters. The Morgan fingerprint density at radius 2 is 1.80 bits per heavy atom. The van der Waals surface area contributed by atoms with Crippen LogP contribution < -0.4 is 5.73 Å². The molecule has 0 aromatic rings. The highest BCUT2D eigenvalue weighted by Crippen LogP contribution is 2.39. The summed E-state index contributed by atoms with van der Waals surface area (Å²) in [7, 11) is 0. The summed E-state index contributed by atoms with van der Waals surface area (Å²) in [4.78, 5) is 2.80. The lowest BCUT2D eigenvalue weighted by molar-refractivity contribution is 0.0271. The van der Waals surface area contributed by atoms with Crippen LogP contribution in [0.3, 0.4) is 0 Å². The molecule has 5 atom stereocenters. The fourth-order valence-electron chi connectivity index (χ4n) is 5.40. The van der Waals surface area contributed by atoms with Crippen molar-refractivity contribution >= 4 is 0 Å². The summed E-state index contributed by atoms with van der Waals surface area (Å²) in [6.45, 7) is 6.01. The molecule has 0 bridgehead atoms. The Morgan fingerprint density at radius 1 is 1.00 bits per heavy atom. The van der Waals surface area contributed by atoms with E-state index in [1.807, 2.05) is 0 Å². The van der Waals surface area contributed by atoms with E-state index in [9.17, 15) is 0 Å². The van der Waals surface area contributed by atoms with Crippen LogP contribution in [0.15, 0.2) is 0 Å². The molecular weight excluding hydrogens is 244 g/mol. The van der Waals surface area contributed by atoms with Crippen LogP contribution >= 0.6 is 0 Å². The van der Waals surface area contributed by atoms with Gasteiger partial charge in [0.1, 0.15) is 0 Å². The van der Waals surface area contributed by atoms with Gasteiger partial charge in [-0.1, -0.05) is 39.0 Å². The number of rotatable bonds is 3. The number of nitrogens with two attached hydrogens (primary N) is 1. The molecule has 3 rings (SSSR count).